The highest BCUT2D eigenvalue weighted by atomic mass is 19.1. The summed E-state index contributed by atoms with van der Waals surface area (Å²) in [5.74, 6) is 0.303. The summed E-state index contributed by atoms with van der Waals surface area (Å²) >= 11 is 0. The average molecular weight is 174 g/mol. The molecule has 0 unspecified atom stereocenters. The Morgan fingerprint density at radius 2 is 1.67 bits per heavy atom. The Morgan fingerprint density at radius 1 is 1.08 bits per heavy atom. The standard InChI is InChI=1S/C10H19FO/c1-2-3-4-7-10(12)8-5-6-9-11/h2-9H2,1H3. The van der Waals surface area contributed by atoms with E-state index in [-0.39, 0.29) is 6.67 Å². The van der Waals surface area contributed by atoms with Gasteiger partial charge in [-0.2, -0.15) is 0 Å². The molecule has 0 saturated heterocycles. The summed E-state index contributed by atoms with van der Waals surface area (Å²) in [6.07, 6.45) is 5.83. The number of carbonyl (C=O) groups excluding carboxylic acids is 1. The smallest absolute Gasteiger partial charge is 0.132 e. The van der Waals surface area contributed by atoms with Gasteiger partial charge in [-0.3, -0.25) is 9.18 Å². The van der Waals surface area contributed by atoms with Crippen LogP contribution in [0.5, 0.6) is 0 Å². The second-order valence-electron chi connectivity index (χ2n) is 3.14. The van der Waals surface area contributed by atoms with Crippen molar-refractivity contribution < 1.29 is 9.18 Å². The lowest BCUT2D eigenvalue weighted by Gasteiger charge is -1.98. The lowest BCUT2D eigenvalue weighted by molar-refractivity contribution is -0.119. The third kappa shape index (κ3) is 7.70. The average Bonchev–Trinajstić information content (AvgIpc) is 2.06. The predicted molar refractivity (Wildman–Crippen MR) is 49.0 cm³/mol. The number of Topliss-reactive ketones (excluding diaryl/α,β-unsaturated/α-hetero) is 1. The molecule has 0 aromatic carbocycles. The molecule has 0 aromatic rings. The van der Waals surface area contributed by atoms with Crippen LogP contribution in [-0.4, -0.2) is 12.5 Å². The minimum Gasteiger partial charge on any atom is -0.300 e. The second-order valence-corrected chi connectivity index (χ2v) is 3.14. The molecular weight excluding hydrogens is 155 g/mol. The van der Waals surface area contributed by atoms with Gasteiger partial charge in [0.2, 0.25) is 0 Å². The zero-order chi connectivity index (χ0) is 9.23. The van der Waals surface area contributed by atoms with E-state index >= 15 is 0 Å². The number of rotatable bonds is 8. The maximum atomic E-state index is 11.6. The van der Waals surface area contributed by atoms with Gasteiger partial charge in [-0.25, -0.2) is 0 Å². The highest BCUT2D eigenvalue weighted by Gasteiger charge is 2.00. The molecule has 12 heavy (non-hydrogen) atoms. The molecule has 0 aliphatic rings. The topological polar surface area (TPSA) is 17.1 Å². The van der Waals surface area contributed by atoms with Crippen molar-refractivity contribution in [2.75, 3.05) is 6.67 Å². The first-order chi connectivity index (χ1) is 5.81. The maximum Gasteiger partial charge on any atom is 0.132 e. The molecule has 0 spiro atoms. The summed E-state index contributed by atoms with van der Waals surface area (Å²) in [5, 5.41) is 0. The molecule has 0 atom stereocenters. The molecule has 0 aromatic heterocycles. The van der Waals surface area contributed by atoms with Gasteiger partial charge in [0.1, 0.15) is 5.78 Å². The van der Waals surface area contributed by atoms with Crippen molar-refractivity contribution in [3.63, 3.8) is 0 Å². The molecule has 1 nitrogen and oxygen atoms in total. The van der Waals surface area contributed by atoms with E-state index in [4.69, 9.17) is 0 Å². The second kappa shape index (κ2) is 8.69. The summed E-state index contributed by atoms with van der Waals surface area (Å²) in [5.41, 5.74) is 0. The summed E-state index contributed by atoms with van der Waals surface area (Å²) < 4.78 is 11.6. The molecular formula is C10H19FO. The zero-order valence-corrected chi connectivity index (χ0v) is 7.94. The summed E-state index contributed by atoms with van der Waals surface area (Å²) in [4.78, 5) is 11.1. The van der Waals surface area contributed by atoms with Crippen LogP contribution >= 0.6 is 0 Å². The molecule has 72 valence electrons. The minimum absolute atomic E-state index is 0.289. The molecule has 0 saturated carbocycles. The Morgan fingerprint density at radius 3 is 2.17 bits per heavy atom. The fourth-order valence-corrected chi connectivity index (χ4v) is 1.11. The highest BCUT2D eigenvalue weighted by Crippen LogP contribution is 2.05. The SMILES string of the molecule is CCCCCC(=O)CCCCF. The van der Waals surface area contributed by atoms with E-state index < -0.39 is 0 Å². The zero-order valence-electron chi connectivity index (χ0n) is 7.94. The maximum absolute atomic E-state index is 11.6. The van der Waals surface area contributed by atoms with Crippen LogP contribution in [0.15, 0.2) is 0 Å². The van der Waals surface area contributed by atoms with Gasteiger partial charge >= 0.3 is 0 Å². The van der Waals surface area contributed by atoms with Crippen LogP contribution in [-0.2, 0) is 4.79 Å². The quantitative estimate of drug-likeness (QED) is 0.516. The van der Waals surface area contributed by atoms with Crippen LogP contribution in [0.25, 0.3) is 0 Å². The fraction of sp³-hybridized carbons (Fsp3) is 0.900. The molecule has 0 bridgehead atoms. The van der Waals surface area contributed by atoms with E-state index in [0.717, 1.165) is 25.7 Å². The minimum atomic E-state index is -0.289. The van der Waals surface area contributed by atoms with Gasteiger partial charge in [0.25, 0.3) is 0 Å². The Kier molecular flexibility index (Phi) is 8.40. The summed E-state index contributed by atoms with van der Waals surface area (Å²) in [7, 11) is 0. The fourth-order valence-electron chi connectivity index (χ4n) is 1.11. The van der Waals surface area contributed by atoms with Crippen molar-refractivity contribution in [3.05, 3.63) is 0 Å². The number of hydrogen-bond donors (Lipinski definition) is 0. The molecule has 0 aliphatic carbocycles. The first kappa shape index (κ1) is 11.6. The van der Waals surface area contributed by atoms with E-state index in [1.165, 1.54) is 0 Å². The molecule has 0 fully saturated rings. The van der Waals surface area contributed by atoms with Crippen LogP contribution in [0, 0.1) is 0 Å². The lowest BCUT2D eigenvalue weighted by Crippen LogP contribution is -1.97. The molecule has 0 heterocycles. The molecule has 0 N–H and O–H groups in total. The van der Waals surface area contributed by atoms with E-state index in [9.17, 15) is 9.18 Å². The first-order valence-corrected chi connectivity index (χ1v) is 4.89. The molecule has 0 aliphatic heterocycles. The van der Waals surface area contributed by atoms with Gasteiger partial charge in [-0.05, 0) is 19.3 Å². The monoisotopic (exact) mass is 174 g/mol. The van der Waals surface area contributed by atoms with Crippen LogP contribution < -0.4 is 0 Å². The normalized spacial score (nSPS) is 10.2. The summed E-state index contributed by atoms with van der Waals surface area (Å²) in [6.45, 7) is 1.83. The Balaban J connectivity index is 3.10. The Labute approximate surface area is 74.4 Å². The number of unbranched alkanes of at least 4 members (excludes halogenated alkanes) is 3. The molecule has 0 rings (SSSR count). The van der Waals surface area contributed by atoms with Crippen molar-refractivity contribution >= 4 is 5.78 Å². The number of carbonyl (C=O) groups is 1. The van der Waals surface area contributed by atoms with E-state index in [2.05, 4.69) is 6.92 Å². The molecule has 0 radical (unpaired) electrons. The van der Waals surface area contributed by atoms with E-state index in [1.807, 2.05) is 0 Å². The Bertz CT molecular complexity index is 100. The van der Waals surface area contributed by atoms with Gasteiger partial charge < -0.3 is 0 Å². The van der Waals surface area contributed by atoms with Crippen LogP contribution in [0.4, 0.5) is 4.39 Å². The van der Waals surface area contributed by atoms with Crippen molar-refractivity contribution in [2.45, 2.75) is 51.9 Å². The highest BCUT2D eigenvalue weighted by molar-refractivity contribution is 5.78. The van der Waals surface area contributed by atoms with Gasteiger partial charge in [-0.1, -0.05) is 19.8 Å². The van der Waals surface area contributed by atoms with Crippen molar-refractivity contribution in [1.82, 2.24) is 0 Å². The van der Waals surface area contributed by atoms with E-state index in [1.54, 1.807) is 0 Å². The van der Waals surface area contributed by atoms with Crippen molar-refractivity contribution in [3.8, 4) is 0 Å². The number of hydrogen-bond acceptors (Lipinski definition) is 1. The molecule has 2 heteroatoms. The summed E-state index contributed by atoms with van der Waals surface area (Å²) in [6, 6.07) is 0. The third-order valence-electron chi connectivity index (χ3n) is 1.90. The number of ketones is 1. The van der Waals surface area contributed by atoms with Crippen LogP contribution in [0.3, 0.4) is 0 Å². The largest absolute Gasteiger partial charge is 0.300 e. The Hall–Kier alpha value is -0.400. The van der Waals surface area contributed by atoms with Gasteiger partial charge in [-0.15, -0.1) is 0 Å². The van der Waals surface area contributed by atoms with Gasteiger partial charge in [0.05, 0.1) is 6.67 Å². The third-order valence-corrected chi connectivity index (χ3v) is 1.90. The number of alkyl halides is 1. The van der Waals surface area contributed by atoms with Crippen LogP contribution in [0.1, 0.15) is 51.9 Å². The van der Waals surface area contributed by atoms with Crippen molar-refractivity contribution in [2.24, 2.45) is 0 Å². The van der Waals surface area contributed by atoms with Crippen LogP contribution in [0.2, 0.25) is 0 Å². The number of halogens is 1. The van der Waals surface area contributed by atoms with Crippen molar-refractivity contribution in [1.29, 1.82) is 0 Å². The van der Waals surface area contributed by atoms with Gasteiger partial charge in [0.15, 0.2) is 0 Å². The van der Waals surface area contributed by atoms with Gasteiger partial charge in [0, 0.05) is 12.8 Å². The van der Waals surface area contributed by atoms with E-state index in [0.29, 0.717) is 25.0 Å². The predicted octanol–water partition coefficient (Wildman–Crippen LogP) is 3.28. The lowest BCUT2D eigenvalue weighted by atomic mass is 10.1. The molecule has 0 amide bonds. The first-order valence-electron chi connectivity index (χ1n) is 4.89.